The zero-order chi connectivity index (χ0) is 33.9. The average Bonchev–Trinajstić information content (AvgIpc) is 3.07. The number of hydrogen-bond donors (Lipinski definition) is 5. The van der Waals surface area contributed by atoms with Gasteiger partial charge < -0.3 is 35.6 Å². The van der Waals surface area contributed by atoms with E-state index < -0.39 is 28.8 Å². The summed E-state index contributed by atoms with van der Waals surface area (Å²) in [6.45, 7) is 1.84. The van der Waals surface area contributed by atoms with Crippen LogP contribution in [0.3, 0.4) is 0 Å². The maximum absolute atomic E-state index is 13.6. The standard InChI is InChI=1S/C35H33N3O8S/c1-4-31(34(42)37-24-13-15-29(39)27(20-24)35(43)44)47-26-12-8-11-23(19-26)36-33(41)28(38-32(40)21-9-6-5-7-10-21)18-22-17-25(45-2)14-16-30(22)46-3/h5-20,31,39H,4H2,1-3H3,(H,36,41)(H,37,42)(H,38,40)(H,43,44)/b28-18+. The van der Waals surface area contributed by atoms with E-state index in [2.05, 4.69) is 16.0 Å². The van der Waals surface area contributed by atoms with Gasteiger partial charge in [-0.1, -0.05) is 31.2 Å². The number of carbonyl (C=O) groups is 4. The van der Waals surface area contributed by atoms with Crippen molar-refractivity contribution in [3.8, 4) is 17.2 Å². The van der Waals surface area contributed by atoms with Crippen molar-refractivity contribution in [2.45, 2.75) is 23.5 Å². The van der Waals surface area contributed by atoms with E-state index in [-0.39, 0.29) is 22.9 Å². The van der Waals surface area contributed by atoms with Gasteiger partial charge in [-0.15, -0.1) is 11.8 Å². The van der Waals surface area contributed by atoms with E-state index >= 15 is 0 Å². The molecule has 12 heteroatoms. The summed E-state index contributed by atoms with van der Waals surface area (Å²) < 4.78 is 10.8. The number of aromatic hydroxyl groups is 1. The van der Waals surface area contributed by atoms with Crippen molar-refractivity contribution in [3.63, 3.8) is 0 Å². The topological polar surface area (TPSA) is 163 Å². The fourth-order valence-corrected chi connectivity index (χ4v) is 5.40. The quantitative estimate of drug-likeness (QED) is 0.0658. The van der Waals surface area contributed by atoms with Gasteiger partial charge >= 0.3 is 5.97 Å². The summed E-state index contributed by atoms with van der Waals surface area (Å²) >= 11 is 1.26. The molecule has 4 aromatic rings. The first kappa shape index (κ1) is 34.1. The van der Waals surface area contributed by atoms with E-state index in [1.807, 2.05) is 6.92 Å². The molecule has 0 aliphatic carbocycles. The smallest absolute Gasteiger partial charge is 0.339 e. The van der Waals surface area contributed by atoms with Crippen molar-refractivity contribution in [2.24, 2.45) is 0 Å². The lowest BCUT2D eigenvalue weighted by molar-refractivity contribution is -0.116. The number of carbonyl (C=O) groups excluding carboxylic acids is 3. The predicted octanol–water partition coefficient (Wildman–Crippen LogP) is 6.03. The molecule has 4 rings (SSSR count). The van der Waals surface area contributed by atoms with Crippen LogP contribution in [0.25, 0.3) is 6.08 Å². The largest absolute Gasteiger partial charge is 0.507 e. The molecule has 4 aromatic carbocycles. The third-order valence-electron chi connectivity index (χ3n) is 6.79. The molecule has 5 N–H and O–H groups in total. The van der Waals surface area contributed by atoms with Gasteiger partial charge in [0.2, 0.25) is 5.91 Å². The Balaban J connectivity index is 1.55. The number of nitrogens with one attached hydrogen (secondary N) is 3. The highest BCUT2D eigenvalue weighted by atomic mass is 32.2. The number of methoxy groups -OCH3 is 2. The van der Waals surface area contributed by atoms with Crippen LogP contribution in [0.15, 0.2) is 102 Å². The van der Waals surface area contributed by atoms with Crippen LogP contribution in [-0.4, -0.2) is 53.4 Å². The summed E-state index contributed by atoms with van der Waals surface area (Å²) in [5.74, 6) is -2.20. The Kier molecular flexibility index (Phi) is 11.6. The van der Waals surface area contributed by atoms with Crippen molar-refractivity contribution >= 4 is 52.9 Å². The normalized spacial score (nSPS) is 11.6. The lowest BCUT2D eigenvalue weighted by Gasteiger charge is -2.16. The number of carboxylic acid groups (broad SMARTS) is 1. The molecular weight excluding hydrogens is 622 g/mol. The van der Waals surface area contributed by atoms with Crippen molar-refractivity contribution in [1.29, 1.82) is 0 Å². The van der Waals surface area contributed by atoms with Gasteiger partial charge in [-0.2, -0.15) is 0 Å². The highest BCUT2D eigenvalue weighted by molar-refractivity contribution is 8.00. The molecule has 0 radical (unpaired) electrons. The van der Waals surface area contributed by atoms with Crippen molar-refractivity contribution in [3.05, 3.63) is 113 Å². The van der Waals surface area contributed by atoms with Gasteiger partial charge in [-0.3, -0.25) is 14.4 Å². The summed E-state index contributed by atoms with van der Waals surface area (Å²) in [7, 11) is 3.01. The third kappa shape index (κ3) is 9.14. The Morgan fingerprint density at radius 2 is 1.60 bits per heavy atom. The highest BCUT2D eigenvalue weighted by Crippen LogP contribution is 2.30. The van der Waals surface area contributed by atoms with Gasteiger partial charge in [0.15, 0.2) is 0 Å². The summed E-state index contributed by atoms with van der Waals surface area (Å²) in [4.78, 5) is 51.8. The first-order valence-corrected chi connectivity index (χ1v) is 15.2. The highest BCUT2D eigenvalue weighted by Gasteiger charge is 2.21. The number of ether oxygens (including phenoxy) is 2. The van der Waals surface area contributed by atoms with Crippen LogP contribution >= 0.6 is 11.8 Å². The van der Waals surface area contributed by atoms with Crippen LogP contribution in [0.2, 0.25) is 0 Å². The van der Waals surface area contributed by atoms with Gasteiger partial charge in [-0.25, -0.2) is 4.79 Å². The molecule has 11 nitrogen and oxygen atoms in total. The number of phenols is 1. The first-order chi connectivity index (χ1) is 22.6. The number of thioether (sulfide) groups is 1. The van der Waals surface area contributed by atoms with Crippen LogP contribution in [0, 0.1) is 0 Å². The van der Waals surface area contributed by atoms with Crippen LogP contribution in [0.5, 0.6) is 17.2 Å². The van der Waals surface area contributed by atoms with E-state index in [1.165, 1.54) is 50.3 Å². The molecule has 242 valence electrons. The Bertz CT molecular complexity index is 1810. The van der Waals surface area contributed by atoms with Gasteiger partial charge in [0.25, 0.3) is 11.8 Å². The molecule has 1 unspecified atom stereocenters. The van der Waals surface area contributed by atoms with E-state index in [0.717, 1.165) is 0 Å². The minimum absolute atomic E-state index is 0.0519. The van der Waals surface area contributed by atoms with Gasteiger partial charge in [0, 0.05) is 27.4 Å². The predicted molar refractivity (Wildman–Crippen MR) is 180 cm³/mol. The summed E-state index contributed by atoms with van der Waals surface area (Å²) in [6.07, 6.45) is 1.93. The monoisotopic (exact) mass is 655 g/mol. The van der Waals surface area contributed by atoms with Gasteiger partial charge in [0.05, 0.1) is 19.5 Å². The number of amides is 3. The lowest BCUT2D eigenvalue weighted by atomic mass is 10.1. The minimum atomic E-state index is -1.32. The fraction of sp³-hybridized carbons (Fsp3) is 0.143. The molecule has 0 aliphatic heterocycles. The molecule has 0 fully saturated rings. The van der Waals surface area contributed by atoms with Crippen molar-refractivity contribution in [2.75, 3.05) is 24.9 Å². The number of anilines is 2. The molecule has 0 heterocycles. The SMILES string of the molecule is CCC(Sc1cccc(NC(=O)/C(=C\c2cc(OC)ccc2OC)NC(=O)c2ccccc2)c1)C(=O)Nc1ccc(O)c(C(=O)O)c1. The molecule has 0 aromatic heterocycles. The Morgan fingerprint density at radius 3 is 2.28 bits per heavy atom. The maximum Gasteiger partial charge on any atom is 0.339 e. The van der Waals surface area contributed by atoms with E-state index in [4.69, 9.17) is 9.47 Å². The van der Waals surface area contributed by atoms with Crippen LogP contribution in [0.1, 0.15) is 39.6 Å². The van der Waals surface area contributed by atoms with E-state index in [1.54, 1.807) is 72.8 Å². The summed E-state index contributed by atoms with van der Waals surface area (Å²) in [5.41, 5.74) is 1.12. The summed E-state index contributed by atoms with van der Waals surface area (Å²) in [5, 5.41) is 26.7. The molecular formula is C35H33N3O8S. The second-order valence-corrected chi connectivity index (χ2v) is 11.3. The van der Waals surface area contributed by atoms with Gasteiger partial charge in [0.1, 0.15) is 28.5 Å². The molecule has 0 aliphatic rings. The first-order valence-electron chi connectivity index (χ1n) is 14.4. The molecule has 3 amide bonds. The molecule has 47 heavy (non-hydrogen) atoms. The number of aromatic carboxylic acids is 1. The van der Waals surface area contributed by atoms with Gasteiger partial charge in [-0.05, 0) is 79.2 Å². The number of carboxylic acids is 1. The molecule has 0 saturated heterocycles. The van der Waals surface area contributed by atoms with E-state index in [9.17, 15) is 29.4 Å². The number of benzene rings is 4. The molecule has 0 bridgehead atoms. The molecule has 0 spiro atoms. The second-order valence-electron chi connectivity index (χ2n) is 10.0. The Labute approximate surface area is 275 Å². The Hall–Kier alpha value is -5.75. The van der Waals surface area contributed by atoms with Crippen molar-refractivity contribution in [1.82, 2.24) is 5.32 Å². The lowest BCUT2D eigenvalue weighted by Crippen LogP contribution is -2.30. The van der Waals surface area contributed by atoms with E-state index in [0.29, 0.717) is 39.6 Å². The number of rotatable bonds is 13. The van der Waals surface area contributed by atoms with Crippen molar-refractivity contribution < 1.29 is 38.9 Å². The zero-order valence-electron chi connectivity index (χ0n) is 25.8. The van der Waals surface area contributed by atoms with Crippen LogP contribution < -0.4 is 25.4 Å². The van der Waals surface area contributed by atoms with Crippen LogP contribution in [-0.2, 0) is 9.59 Å². The third-order valence-corrected chi connectivity index (χ3v) is 8.15. The minimum Gasteiger partial charge on any atom is -0.507 e. The molecule has 1 atom stereocenters. The Morgan fingerprint density at radius 1 is 0.851 bits per heavy atom. The zero-order valence-corrected chi connectivity index (χ0v) is 26.6. The number of hydrogen-bond acceptors (Lipinski definition) is 8. The second kappa shape index (κ2) is 16.0. The molecule has 0 saturated carbocycles. The fourth-order valence-electron chi connectivity index (χ4n) is 4.39. The summed E-state index contributed by atoms with van der Waals surface area (Å²) in [6, 6.07) is 24.2. The average molecular weight is 656 g/mol. The van der Waals surface area contributed by atoms with Crippen LogP contribution in [0.4, 0.5) is 11.4 Å². The maximum atomic E-state index is 13.6.